The average Bonchev–Trinajstić information content (AvgIpc) is 2.90. The van der Waals surface area contributed by atoms with Gasteiger partial charge in [0, 0.05) is 12.6 Å². The van der Waals surface area contributed by atoms with E-state index in [4.69, 9.17) is 5.11 Å². The molecule has 1 N–H and O–H groups in total. The highest BCUT2D eigenvalue weighted by Gasteiger charge is 2.27. The summed E-state index contributed by atoms with van der Waals surface area (Å²) in [6.45, 7) is 4.70. The predicted octanol–water partition coefficient (Wildman–Crippen LogP) is 4.47. The molecule has 1 aliphatic carbocycles. The van der Waals surface area contributed by atoms with Gasteiger partial charge in [-0.3, -0.25) is 4.68 Å². The van der Waals surface area contributed by atoms with Gasteiger partial charge in [-0.25, -0.2) is 4.79 Å². The van der Waals surface area contributed by atoms with Crippen molar-refractivity contribution in [1.82, 2.24) is 9.78 Å². The Morgan fingerprint density at radius 2 is 1.96 bits per heavy atom. The van der Waals surface area contributed by atoms with E-state index in [0.29, 0.717) is 11.3 Å². The third-order valence-corrected chi connectivity index (χ3v) is 5.09. The fourth-order valence-corrected chi connectivity index (χ4v) is 3.53. The van der Waals surface area contributed by atoms with Gasteiger partial charge in [-0.15, -0.1) is 0 Å². The summed E-state index contributed by atoms with van der Waals surface area (Å²) in [5, 5.41) is 13.2. The highest BCUT2D eigenvalue weighted by atomic mass is 16.4. The number of aromatic nitrogens is 2. The number of carboxylic acid groups (broad SMARTS) is 1. The molecular formula is C19H24N2O2. The van der Waals surface area contributed by atoms with Crippen molar-refractivity contribution in [2.45, 2.75) is 45.4 Å². The van der Waals surface area contributed by atoms with Crippen LogP contribution in [-0.2, 0) is 7.05 Å². The van der Waals surface area contributed by atoms with Crippen molar-refractivity contribution in [3.8, 4) is 11.3 Å². The summed E-state index contributed by atoms with van der Waals surface area (Å²) in [6.07, 6.45) is 4.97. The van der Waals surface area contributed by atoms with Gasteiger partial charge in [-0.1, -0.05) is 32.0 Å². The fourth-order valence-electron chi connectivity index (χ4n) is 3.53. The van der Waals surface area contributed by atoms with Crippen LogP contribution in [0.3, 0.4) is 0 Å². The molecule has 1 aromatic heterocycles. The zero-order valence-corrected chi connectivity index (χ0v) is 14.0. The van der Waals surface area contributed by atoms with Gasteiger partial charge in [0.2, 0.25) is 0 Å². The van der Waals surface area contributed by atoms with Crippen molar-refractivity contribution in [2.75, 3.05) is 0 Å². The van der Waals surface area contributed by atoms with Crippen LogP contribution in [0.15, 0.2) is 30.3 Å². The van der Waals surface area contributed by atoms with Crippen LogP contribution in [0.4, 0.5) is 0 Å². The molecule has 4 nitrogen and oxygen atoms in total. The molecule has 1 aromatic carbocycles. The van der Waals surface area contributed by atoms with Crippen molar-refractivity contribution in [1.29, 1.82) is 0 Å². The molecule has 0 unspecified atom stereocenters. The molecule has 1 fully saturated rings. The molecule has 0 atom stereocenters. The van der Waals surface area contributed by atoms with E-state index in [1.54, 1.807) is 17.8 Å². The van der Waals surface area contributed by atoms with Crippen LogP contribution >= 0.6 is 0 Å². The summed E-state index contributed by atoms with van der Waals surface area (Å²) >= 11 is 0. The first-order valence-corrected chi connectivity index (χ1v) is 8.23. The van der Waals surface area contributed by atoms with E-state index in [1.165, 1.54) is 31.2 Å². The molecular weight excluding hydrogens is 288 g/mol. The summed E-state index contributed by atoms with van der Waals surface area (Å²) in [7, 11) is 1.79. The van der Waals surface area contributed by atoms with Crippen molar-refractivity contribution in [3.05, 3.63) is 41.6 Å². The Hall–Kier alpha value is -2.10. The molecule has 122 valence electrons. The van der Waals surface area contributed by atoms with E-state index < -0.39 is 5.97 Å². The third-order valence-electron chi connectivity index (χ3n) is 5.09. The van der Waals surface area contributed by atoms with Crippen molar-refractivity contribution in [3.63, 3.8) is 0 Å². The standard InChI is InChI=1S/C19H24N2O2/c1-19(2)9-7-13(8-10-19)14-5-4-6-15(11-14)17-12-16(18(22)23)20-21(17)3/h4-6,11-13H,7-10H2,1-3H3,(H,22,23). The number of aromatic carboxylic acids is 1. The monoisotopic (exact) mass is 312 g/mol. The Morgan fingerprint density at radius 3 is 2.57 bits per heavy atom. The quantitative estimate of drug-likeness (QED) is 0.909. The molecule has 23 heavy (non-hydrogen) atoms. The zero-order valence-electron chi connectivity index (χ0n) is 14.0. The van der Waals surface area contributed by atoms with Crippen molar-refractivity contribution < 1.29 is 9.90 Å². The first-order chi connectivity index (χ1) is 10.9. The van der Waals surface area contributed by atoms with Gasteiger partial charge in [0.1, 0.15) is 0 Å². The lowest BCUT2D eigenvalue weighted by Crippen LogP contribution is -2.20. The lowest BCUT2D eigenvalue weighted by Gasteiger charge is -2.34. The number of carboxylic acids is 1. The van der Waals surface area contributed by atoms with Crippen LogP contribution in [0.1, 0.15) is 61.5 Å². The predicted molar refractivity (Wildman–Crippen MR) is 90.6 cm³/mol. The van der Waals surface area contributed by atoms with Crippen LogP contribution in [-0.4, -0.2) is 20.9 Å². The Labute approximate surface area is 137 Å². The van der Waals surface area contributed by atoms with E-state index >= 15 is 0 Å². The van der Waals surface area contributed by atoms with E-state index in [1.807, 2.05) is 6.07 Å². The highest BCUT2D eigenvalue weighted by molar-refractivity contribution is 5.87. The maximum Gasteiger partial charge on any atom is 0.356 e. The minimum atomic E-state index is -0.988. The Kier molecular flexibility index (Phi) is 4.00. The van der Waals surface area contributed by atoms with Gasteiger partial charge in [0.05, 0.1) is 5.69 Å². The van der Waals surface area contributed by atoms with Crippen molar-refractivity contribution >= 4 is 5.97 Å². The second-order valence-corrected chi connectivity index (χ2v) is 7.41. The first-order valence-electron chi connectivity index (χ1n) is 8.23. The highest BCUT2D eigenvalue weighted by Crippen LogP contribution is 2.42. The van der Waals surface area contributed by atoms with Gasteiger partial charge in [0.15, 0.2) is 5.69 Å². The van der Waals surface area contributed by atoms with Crippen LogP contribution < -0.4 is 0 Å². The van der Waals surface area contributed by atoms with E-state index in [0.717, 1.165) is 11.3 Å². The molecule has 1 aliphatic rings. The summed E-state index contributed by atoms with van der Waals surface area (Å²) in [6, 6.07) is 10.1. The van der Waals surface area contributed by atoms with Gasteiger partial charge in [-0.2, -0.15) is 5.10 Å². The molecule has 4 heteroatoms. The lowest BCUT2D eigenvalue weighted by atomic mass is 9.71. The molecule has 0 radical (unpaired) electrons. The number of hydrogen-bond acceptors (Lipinski definition) is 2. The second kappa shape index (κ2) is 5.84. The average molecular weight is 312 g/mol. The minimum Gasteiger partial charge on any atom is -0.476 e. The molecule has 1 heterocycles. The Balaban J connectivity index is 1.87. The number of hydrogen-bond donors (Lipinski definition) is 1. The Morgan fingerprint density at radius 1 is 1.26 bits per heavy atom. The maximum absolute atomic E-state index is 11.1. The topological polar surface area (TPSA) is 55.1 Å². The molecule has 0 bridgehead atoms. The first kappa shape index (κ1) is 15.8. The maximum atomic E-state index is 11.1. The summed E-state index contributed by atoms with van der Waals surface area (Å²) in [4.78, 5) is 11.1. The second-order valence-electron chi connectivity index (χ2n) is 7.41. The number of benzene rings is 1. The zero-order chi connectivity index (χ0) is 16.6. The number of nitrogens with zero attached hydrogens (tertiary/aromatic N) is 2. The molecule has 0 saturated heterocycles. The van der Waals surface area contributed by atoms with E-state index in [9.17, 15) is 4.79 Å². The van der Waals surface area contributed by atoms with Gasteiger partial charge in [-0.05, 0) is 54.7 Å². The number of aryl methyl sites for hydroxylation is 1. The minimum absolute atomic E-state index is 0.0901. The lowest BCUT2D eigenvalue weighted by molar-refractivity contribution is 0.0689. The third kappa shape index (κ3) is 3.31. The molecule has 3 rings (SSSR count). The van der Waals surface area contributed by atoms with Gasteiger partial charge in [0.25, 0.3) is 0 Å². The van der Waals surface area contributed by atoms with Crippen LogP contribution in [0.2, 0.25) is 0 Å². The van der Waals surface area contributed by atoms with Crippen LogP contribution in [0.5, 0.6) is 0 Å². The van der Waals surface area contributed by atoms with Crippen LogP contribution in [0, 0.1) is 5.41 Å². The SMILES string of the molecule is Cn1nc(C(=O)O)cc1-c1cccc(C2CCC(C)(C)CC2)c1. The summed E-state index contributed by atoms with van der Waals surface area (Å²) < 4.78 is 1.65. The van der Waals surface area contributed by atoms with Crippen LogP contribution in [0.25, 0.3) is 11.3 Å². The molecule has 0 aliphatic heterocycles. The van der Waals surface area contributed by atoms with E-state index in [2.05, 4.69) is 37.1 Å². The largest absolute Gasteiger partial charge is 0.476 e. The molecule has 0 amide bonds. The van der Waals surface area contributed by atoms with Crippen molar-refractivity contribution in [2.24, 2.45) is 12.5 Å². The Bertz CT molecular complexity index is 721. The fraction of sp³-hybridized carbons (Fsp3) is 0.474. The molecule has 1 saturated carbocycles. The normalized spacial score (nSPS) is 18.0. The summed E-state index contributed by atoms with van der Waals surface area (Å²) in [5.41, 5.74) is 3.80. The van der Waals surface area contributed by atoms with E-state index in [-0.39, 0.29) is 5.69 Å². The molecule has 0 spiro atoms. The van der Waals surface area contributed by atoms with Gasteiger partial charge < -0.3 is 5.11 Å². The van der Waals surface area contributed by atoms with Gasteiger partial charge >= 0.3 is 5.97 Å². The number of rotatable bonds is 3. The number of carbonyl (C=O) groups is 1. The molecule has 2 aromatic rings. The summed E-state index contributed by atoms with van der Waals surface area (Å²) in [5.74, 6) is -0.382. The smallest absolute Gasteiger partial charge is 0.356 e.